The zero-order chi connectivity index (χ0) is 17.9. The summed E-state index contributed by atoms with van der Waals surface area (Å²) in [5.41, 5.74) is 1.26. The van der Waals surface area contributed by atoms with Crippen molar-refractivity contribution < 1.29 is 4.52 Å². The Morgan fingerprint density at radius 2 is 2.20 bits per heavy atom. The van der Waals surface area contributed by atoms with Gasteiger partial charge in [-0.3, -0.25) is 9.58 Å². The van der Waals surface area contributed by atoms with Crippen molar-refractivity contribution in [3.8, 4) is 0 Å². The van der Waals surface area contributed by atoms with Crippen LogP contribution in [0.15, 0.2) is 16.9 Å². The van der Waals surface area contributed by atoms with E-state index >= 15 is 0 Å². The summed E-state index contributed by atoms with van der Waals surface area (Å²) in [5.74, 6) is 1.52. The molecule has 1 aliphatic rings. The summed E-state index contributed by atoms with van der Waals surface area (Å²) in [6.07, 6.45) is 7.29. The van der Waals surface area contributed by atoms with E-state index in [-0.39, 0.29) is 5.54 Å². The molecule has 2 aromatic rings. The Balaban J connectivity index is 1.49. The number of nitrogens with one attached hydrogen (secondary N) is 1. The zero-order valence-corrected chi connectivity index (χ0v) is 15.8. The van der Waals surface area contributed by atoms with Crippen LogP contribution >= 0.6 is 0 Å². The molecule has 7 nitrogen and oxygen atoms in total. The minimum absolute atomic E-state index is 0.0296. The second kappa shape index (κ2) is 7.66. The lowest BCUT2D eigenvalue weighted by Gasteiger charge is -2.32. The fourth-order valence-corrected chi connectivity index (χ4v) is 3.14. The topological polar surface area (TPSA) is 72.0 Å². The lowest BCUT2D eigenvalue weighted by molar-refractivity contribution is 0.177. The summed E-state index contributed by atoms with van der Waals surface area (Å²) < 4.78 is 7.23. The maximum atomic E-state index is 5.20. The van der Waals surface area contributed by atoms with Gasteiger partial charge in [-0.05, 0) is 40.2 Å². The number of likely N-dealkylation sites (tertiary alicyclic amines) is 1. The van der Waals surface area contributed by atoms with E-state index in [1.54, 1.807) is 0 Å². The molecular weight excluding hydrogens is 316 g/mol. The van der Waals surface area contributed by atoms with Gasteiger partial charge in [0.2, 0.25) is 5.89 Å². The van der Waals surface area contributed by atoms with Gasteiger partial charge >= 0.3 is 0 Å². The molecular formula is C18H30N6O. The number of nitrogens with zero attached hydrogens (tertiary/aromatic N) is 5. The number of hydrogen-bond donors (Lipinski definition) is 1. The fourth-order valence-electron chi connectivity index (χ4n) is 3.14. The van der Waals surface area contributed by atoms with Gasteiger partial charge in [0.1, 0.15) is 0 Å². The van der Waals surface area contributed by atoms with Gasteiger partial charge in [-0.25, -0.2) is 0 Å². The molecule has 138 valence electrons. The van der Waals surface area contributed by atoms with Crippen molar-refractivity contribution >= 4 is 0 Å². The maximum absolute atomic E-state index is 5.20. The Kier molecular flexibility index (Phi) is 5.54. The Morgan fingerprint density at radius 3 is 2.88 bits per heavy atom. The van der Waals surface area contributed by atoms with E-state index in [2.05, 4.69) is 52.4 Å². The standard InChI is InChI=1S/C18H30N6O/c1-5-17-21-16(22-25-17)13-23-8-6-7-15(12-23)19-9-14-10-20-24(11-14)18(2,3)4/h10-11,15,19H,5-9,12-13H2,1-4H3/t15-/m0/s1. The molecule has 0 bridgehead atoms. The summed E-state index contributed by atoms with van der Waals surface area (Å²) in [4.78, 5) is 6.82. The minimum atomic E-state index is 0.0296. The predicted octanol–water partition coefficient (Wildman–Crippen LogP) is 2.34. The van der Waals surface area contributed by atoms with Gasteiger partial charge in [0.15, 0.2) is 5.82 Å². The van der Waals surface area contributed by atoms with Crippen LogP contribution in [-0.2, 0) is 25.0 Å². The highest BCUT2D eigenvalue weighted by atomic mass is 16.5. The number of aryl methyl sites for hydroxylation is 1. The van der Waals surface area contributed by atoms with Crippen molar-refractivity contribution in [1.82, 2.24) is 30.1 Å². The third kappa shape index (κ3) is 4.89. The fraction of sp³-hybridized carbons (Fsp3) is 0.722. The second-order valence-electron chi connectivity index (χ2n) is 7.88. The number of hydrogen-bond acceptors (Lipinski definition) is 6. The number of aromatic nitrogens is 4. The molecule has 25 heavy (non-hydrogen) atoms. The quantitative estimate of drug-likeness (QED) is 0.865. The van der Waals surface area contributed by atoms with Crippen LogP contribution in [-0.4, -0.2) is 44.0 Å². The molecule has 2 aromatic heterocycles. The highest BCUT2D eigenvalue weighted by Gasteiger charge is 2.21. The van der Waals surface area contributed by atoms with E-state index in [1.165, 1.54) is 18.4 Å². The maximum Gasteiger partial charge on any atom is 0.226 e. The number of rotatable bonds is 6. The average Bonchev–Trinajstić information content (AvgIpc) is 3.22. The summed E-state index contributed by atoms with van der Waals surface area (Å²) in [7, 11) is 0. The Bertz CT molecular complexity index is 671. The lowest BCUT2D eigenvalue weighted by atomic mass is 10.1. The van der Waals surface area contributed by atoms with Crippen LogP contribution in [0.3, 0.4) is 0 Å². The summed E-state index contributed by atoms with van der Waals surface area (Å²) in [6.45, 7) is 12.3. The average molecular weight is 346 g/mol. The van der Waals surface area contributed by atoms with Gasteiger partial charge in [-0.15, -0.1) is 0 Å². The first kappa shape index (κ1) is 18.1. The molecule has 0 spiro atoms. The van der Waals surface area contributed by atoms with Gasteiger partial charge in [-0.1, -0.05) is 12.1 Å². The first-order chi connectivity index (χ1) is 11.9. The normalized spacial score (nSPS) is 19.4. The molecule has 1 N–H and O–H groups in total. The van der Waals surface area contributed by atoms with Crippen molar-refractivity contribution in [3.05, 3.63) is 29.7 Å². The largest absolute Gasteiger partial charge is 0.339 e. The van der Waals surface area contributed by atoms with E-state index in [0.29, 0.717) is 6.04 Å². The van der Waals surface area contributed by atoms with E-state index in [4.69, 9.17) is 4.52 Å². The molecule has 1 atom stereocenters. The van der Waals surface area contributed by atoms with Gasteiger partial charge < -0.3 is 9.84 Å². The van der Waals surface area contributed by atoms with Gasteiger partial charge in [0.05, 0.1) is 18.3 Å². The van der Waals surface area contributed by atoms with Crippen molar-refractivity contribution in [1.29, 1.82) is 0 Å². The molecule has 0 aliphatic carbocycles. The van der Waals surface area contributed by atoms with Gasteiger partial charge in [0, 0.05) is 37.3 Å². The summed E-state index contributed by atoms with van der Waals surface area (Å²) >= 11 is 0. The smallest absolute Gasteiger partial charge is 0.226 e. The van der Waals surface area contributed by atoms with Crippen molar-refractivity contribution in [3.63, 3.8) is 0 Å². The highest BCUT2D eigenvalue weighted by molar-refractivity contribution is 5.05. The summed E-state index contributed by atoms with van der Waals surface area (Å²) in [5, 5.41) is 12.2. The minimum Gasteiger partial charge on any atom is -0.339 e. The molecule has 0 radical (unpaired) electrons. The van der Waals surface area contributed by atoms with Gasteiger partial charge in [0.25, 0.3) is 0 Å². The van der Waals surface area contributed by atoms with Crippen molar-refractivity contribution in [2.45, 2.75) is 71.6 Å². The van der Waals surface area contributed by atoms with E-state index in [1.807, 2.05) is 17.8 Å². The number of piperidine rings is 1. The summed E-state index contributed by atoms with van der Waals surface area (Å²) in [6, 6.07) is 0.490. The van der Waals surface area contributed by atoms with E-state index in [9.17, 15) is 0 Å². The molecule has 0 saturated carbocycles. The molecule has 1 fully saturated rings. The highest BCUT2D eigenvalue weighted by Crippen LogP contribution is 2.15. The monoisotopic (exact) mass is 346 g/mol. The second-order valence-corrected chi connectivity index (χ2v) is 7.88. The van der Waals surface area contributed by atoms with Gasteiger partial charge in [-0.2, -0.15) is 10.1 Å². The SMILES string of the molecule is CCc1nc(CN2CCC[C@H](NCc3cnn(C(C)(C)C)c3)C2)no1. The molecule has 0 unspecified atom stereocenters. The van der Waals surface area contributed by atoms with Crippen molar-refractivity contribution in [2.75, 3.05) is 13.1 Å². The third-order valence-electron chi connectivity index (χ3n) is 4.60. The predicted molar refractivity (Wildman–Crippen MR) is 96.0 cm³/mol. The van der Waals surface area contributed by atoms with Crippen LogP contribution in [0.1, 0.15) is 57.8 Å². The first-order valence-electron chi connectivity index (χ1n) is 9.25. The molecule has 7 heteroatoms. The van der Waals surface area contributed by atoms with E-state index in [0.717, 1.165) is 44.3 Å². The van der Waals surface area contributed by atoms with Crippen LogP contribution in [0.4, 0.5) is 0 Å². The van der Waals surface area contributed by atoms with Crippen LogP contribution in [0.25, 0.3) is 0 Å². The van der Waals surface area contributed by atoms with Crippen molar-refractivity contribution in [2.24, 2.45) is 0 Å². The molecule has 0 amide bonds. The van der Waals surface area contributed by atoms with Crippen LogP contribution in [0, 0.1) is 0 Å². The Hall–Kier alpha value is -1.73. The Morgan fingerprint density at radius 1 is 1.36 bits per heavy atom. The molecule has 0 aromatic carbocycles. The first-order valence-corrected chi connectivity index (χ1v) is 9.25. The lowest BCUT2D eigenvalue weighted by Crippen LogP contribution is -2.45. The van der Waals surface area contributed by atoms with E-state index < -0.39 is 0 Å². The Labute approximate surface area is 149 Å². The van der Waals surface area contributed by atoms with Crippen LogP contribution in [0.2, 0.25) is 0 Å². The zero-order valence-electron chi connectivity index (χ0n) is 15.8. The third-order valence-corrected chi connectivity index (χ3v) is 4.60. The molecule has 3 rings (SSSR count). The molecule has 1 aliphatic heterocycles. The van der Waals surface area contributed by atoms with Crippen LogP contribution < -0.4 is 5.32 Å². The molecule has 1 saturated heterocycles. The van der Waals surface area contributed by atoms with Crippen LogP contribution in [0.5, 0.6) is 0 Å². The molecule has 3 heterocycles.